The molecule has 1 aliphatic heterocycles. The fourth-order valence-electron chi connectivity index (χ4n) is 5.26. The zero-order valence-corrected chi connectivity index (χ0v) is 21.3. The van der Waals surface area contributed by atoms with Gasteiger partial charge in [0.25, 0.3) is 5.56 Å². The minimum absolute atomic E-state index is 0.00942. The summed E-state index contributed by atoms with van der Waals surface area (Å²) in [6.45, 7) is 7.96. The van der Waals surface area contributed by atoms with E-state index in [0.717, 1.165) is 56.6 Å². The Morgan fingerprint density at radius 1 is 1.06 bits per heavy atom. The van der Waals surface area contributed by atoms with Crippen molar-refractivity contribution in [3.05, 3.63) is 47.0 Å². The van der Waals surface area contributed by atoms with Crippen LogP contribution in [-0.2, 0) is 4.79 Å². The maximum Gasteiger partial charge on any atom is 0.270 e. The largest absolute Gasteiger partial charge is 0.369 e. The van der Waals surface area contributed by atoms with Crippen LogP contribution in [0.4, 0.5) is 17.3 Å². The Hall–Kier alpha value is -3.49. The van der Waals surface area contributed by atoms with Crippen LogP contribution >= 0.6 is 0 Å². The number of hydrogen-bond donors (Lipinski definition) is 2. The van der Waals surface area contributed by atoms with Gasteiger partial charge in [-0.3, -0.25) is 14.2 Å². The van der Waals surface area contributed by atoms with Crippen LogP contribution in [0.3, 0.4) is 0 Å². The average Bonchev–Trinajstić information content (AvgIpc) is 3.51. The van der Waals surface area contributed by atoms with Crippen molar-refractivity contribution in [3.8, 4) is 0 Å². The molecule has 190 valence electrons. The van der Waals surface area contributed by atoms with Crippen LogP contribution in [0, 0.1) is 5.41 Å². The molecule has 9 heteroatoms. The number of nitrogens with one attached hydrogen (secondary N) is 2. The van der Waals surface area contributed by atoms with Gasteiger partial charge in [-0.05, 0) is 48.9 Å². The number of anilines is 3. The number of hydrogen-bond acceptors (Lipinski definition) is 7. The van der Waals surface area contributed by atoms with Gasteiger partial charge in [0.1, 0.15) is 5.52 Å². The first-order chi connectivity index (χ1) is 17.2. The summed E-state index contributed by atoms with van der Waals surface area (Å²) >= 11 is 0. The molecule has 3 heterocycles. The van der Waals surface area contributed by atoms with E-state index in [9.17, 15) is 9.59 Å². The summed E-state index contributed by atoms with van der Waals surface area (Å²) in [5.74, 6) is 0.565. The highest BCUT2D eigenvalue weighted by atomic mass is 16.1. The molecule has 0 radical (unpaired) electrons. The molecule has 1 amide bonds. The number of aromatic nitrogens is 4. The predicted molar refractivity (Wildman–Crippen MR) is 142 cm³/mol. The number of nitrogens with zero attached hydrogens (tertiary/aromatic N) is 5. The molecule has 1 saturated heterocycles. The normalized spacial score (nSPS) is 18.6. The van der Waals surface area contributed by atoms with Gasteiger partial charge in [0, 0.05) is 43.0 Å². The first kappa shape index (κ1) is 24.2. The van der Waals surface area contributed by atoms with Crippen molar-refractivity contribution in [2.24, 2.45) is 5.41 Å². The number of carbonyl (C=O) groups excluding carboxylic acids is 1. The Kier molecular flexibility index (Phi) is 6.64. The van der Waals surface area contributed by atoms with Gasteiger partial charge in [-0.2, -0.15) is 4.98 Å². The average molecular weight is 490 g/mol. The summed E-state index contributed by atoms with van der Waals surface area (Å²) in [4.78, 5) is 40.5. The summed E-state index contributed by atoms with van der Waals surface area (Å²) in [7, 11) is 0. The third-order valence-electron chi connectivity index (χ3n) is 6.95. The molecule has 3 aromatic rings. The van der Waals surface area contributed by atoms with E-state index < -0.39 is 0 Å². The number of rotatable bonds is 6. The lowest BCUT2D eigenvalue weighted by molar-refractivity contribution is -0.123. The SMILES string of the molecule is CC(C)(C)CC(=O)NC1CCN(c2ccc(Nc3ncc4ncc(=O)n(C5CCCC5)c4n3)cc2)C1. The third kappa shape index (κ3) is 5.50. The predicted octanol–water partition coefficient (Wildman–Crippen LogP) is 4.18. The molecular weight excluding hydrogens is 454 g/mol. The summed E-state index contributed by atoms with van der Waals surface area (Å²) in [5.41, 5.74) is 3.07. The zero-order chi connectivity index (χ0) is 25.3. The maximum absolute atomic E-state index is 12.6. The zero-order valence-electron chi connectivity index (χ0n) is 21.3. The van der Waals surface area contributed by atoms with Crippen LogP contribution < -0.4 is 21.1 Å². The molecule has 1 saturated carbocycles. The van der Waals surface area contributed by atoms with Crippen LogP contribution in [0.25, 0.3) is 11.2 Å². The van der Waals surface area contributed by atoms with Gasteiger partial charge in [0.15, 0.2) is 5.65 Å². The van der Waals surface area contributed by atoms with E-state index in [4.69, 9.17) is 0 Å². The van der Waals surface area contributed by atoms with Gasteiger partial charge >= 0.3 is 0 Å². The molecule has 1 atom stereocenters. The smallest absolute Gasteiger partial charge is 0.270 e. The van der Waals surface area contributed by atoms with E-state index >= 15 is 0 Å². The summed E-state index contributed by atoms with van der Waals surface area (Å²) in [6.07, 6.45) is 8.76. The van der Waals surface area contributed by atoms with Crippen molar-refractivity contribution < 1.29 is 4.79 Å². The highest BCUT2D eigenvalue weighted by Crippen LogP contribution is 2.30. The molecule has 2 fully saturated rings. The monoisotopic (exact) mass is 489 g/mol. The molecule has 0 bridgehead atoms. The lowest BCUT2D eigenvalue weighted by Crippen LogP contribution is -2.38. The molecular formula is C27H35N7O2. The number of amides is 1. The molecule has 1 aromatic carbocycles. The van der Waals surface area contributed by atoms with E-state index in [1.807, 2.05) is 12.1 Å². The second kappa shape index (κ2) is 9.87. The van der Waals surface area contributed by atoms with Crippen LogP contribution in [0.1, 0.15) is 65.3 Å². The highest BCUT2D eigenvalue weighted by Gasteiger charge is 2.26. The summed E-state index contributed by atoms with van der Waals surface area (Å²) < 4.78 is 1.79. The van der Waals surface area contributed by atoms with E-state index in [-0.39, 0.29) is 29.0 Å². The minimum Gasteiger partial charge on any atom is -0.369 e. The first-order valence-corrected chi connectivity index (χ1v) is 12.9. The third-order valence-corrected chi connectivity index (χ3v) is 6.95. The molecule has 5 rings (SSSR count). The van der Waals surface area contributed by atoms with Gasteiger partial charge in [-0.1, -0.05) is 33.6 Å². The topological polar surface area (TPSA) is 105 Å². The lowest BCUT2D eigenvalue weighted by atomic mass is 9.92. The molecule has 36 heavy (non-hydrogen) atoms. The van der Waals surface area contributed by atoms with E-state index in [0.29, 0.717) is 23.5 Å². The quantitative estimate of drug-likeness (QED) is 0.535. The molecule has 2 aromatic heterocycles. The molecule has 1 aliphatic carbocycles. The van der Waals surface area contributed by atoms with Crippen molar-refractivity contribution >= 4 is 34.4 Å². The molecule has 9 nitrogen and oxygen atoms in total. The Balaban J connectivity index is 1.25. The lowest BCUT2D eigenvalue weighted by Gasteiger charge is -2.21. The second-order valence-corrected chi connectivity index (χ2v) is 11.2. The van der Waals surface area contributed by atoms with Crippen molar-refractivity contribution in [3.63, 3.8) is 0 Å². The second-order valence-electron chi connectivity index (χ2n) is 11.2. The molecule has 2 aliphatic rings. The molecule has 1 unspecified atom stereocenters. The fraction of sp³-hybridized carbons (Fsp3) is 0.519. The minimum atomic E-state index is -0.109. The fourth-order valence-corrected chi connectivity index (χ4v) is 5.26. The van der Waals surface area contributed by atoms with Crippen LogP contribution in [0.15, 0.2) is 41.5 Å². The van der Waals surface area contributed by atoms with E-state index in [2.05, 4.69) is 63.4 Å². The standard InChI is InChI=1S/C27H35N7O2/c1-27(2,3)14-23(35)30-19-12-13-33(17-19)20-10-8-18(9-11-20)31-26-29-15-22-25(32-26)34(24(36)16-28-22)21-6-4-5-7-21/h8-11,15-16,19,21H,4-7,12-14,17H2,1-3H3,(H,30,35)(H,29,31,32). The highest BCUT2D eigenvalue weighted by molar-refractivity contribution is 5.77. The Labute approximate surface area is 211 Å². The Bertz CT molecular complexity index is 1290. The van der Waals surface area contributed by atoms with Crippen molar-refractivity contribution in [1.29, 1.82) is 0 Å². The van der Waals surface area contributed by atoms with Gasteiger partial charge in [0.2, 0.25) is 11.9 Å². The van der Waals surface area contributed by atoms with Crippen molar-refractivity contribution in [1.82, 2.24) is 24.8 Å². The van der Waals surface area contributed by atoms with Crippen molar-refractivity contribution in [2.75, 3.05) is 23.3 Å². The van der Waals surface area contributed by atoms with Gasteiger partial charge in [0.05, 0.1) is 12.4 Å². The van der Waals surface area contributed by atoms with Crippen LogP contribution in [0.5, 0.6) is 0 Å². The van der Waals surface area contributed by atoms with E-state index in [1.165, 1.54) is 6.20 Å². The number of fused-ring (bicyclic) bond motifs is 1. The maximum atomic E-state index is 12.6. The number of benzene rings is 1. The van der Waals surface area contributed by atoms with Gasteiger partial charge in [-0.15, -0.1) is 0 Å². The summed E-state index contributed by atoms with van der Waals surface area (Å²) in [5, 5.41) is 6.45. The molecule has 0 spiro atoms. The first-order valence-electron chi connectivity index (χ1n) is 12.9. The number of carbonyl (C=O) groups is 1. The van der Waals surface area contributed by atoms with Gasteiger partial charge in [-0.25, -0.2) is 9.97 Å². The van der Waals surface area contributed by atoms with E-state index in [1.54, 1.807) is 10.8 Å². The Morgan fingerprint density at radius 2 is 1.81 bits per heavy atom. The van der Waals surface area contributed by atoms with Crippen LogP contribution in [-0.4, -0.2) is 44.6 Å². The molecule has 2 N–H and O–H groups in total. The summed E-state index contributed by atoms with van der Waals surface area (Å²) in [6, 6.07) is 8.49. The van der Waals surface area contributed by atoms with Crippen LogP contribution in [0.2, 0.25) is 0 Å². The van der Waals surface area contributed by atoms with Gasteiger partial charge < -0.3 is 15.5 Å². The Morgan fingerprint density at radius 3 is 2.53 bits per heavy atom. The van der Waals surface area contributed by atoms with Crippen molar-refractivity contribution in [2.45, 2.75) is 71.4 Å².